The van der Waals surface area contributed by atoms with E-state index < -0.39 is 9.84 Å². The van der Waals surface area contributed by atoms with Crippen molar-refractivity contribution in [3.63, 3.8) is 0 Å². The van der Waals surface area contributed by atoms with Gasteiger partial charge in [0, 0.05) is 20.2 Å². The summed E-state index contributed by atoms with van der Waals surface area (Å²) < 4.78 is 25.4. The van der Waals surface area contributed by atoms with Crippen LogP contribution in [0.15, 0.2) is 58.3 Å². The first-order chi connectivity index (χ1) is 11.4. The lowest BCUT2D eigenvalue weighted by molar-refractivity contribution is 0.603. The van der Waals surface area contributed by atoms with Crippen LogP contribution in [0.4, 0.5) is 0 Å². The lowest BCUT2D eigenvalue weighted by atomic mass is 10.1. The maximum Gasteiger partial charge on any atom is 0.216 e. The predicted molar refractivity (Wildman–Crippen MR) is 98.8 cm³/mol. The zero-order chi connectivity index (χ0) is 17.3. The van der Waals surface area contributed by atoms with Crippen LogP contribution < -0.4 is 0 Å². The van der Waals surface area contributed by atoms with Crippen LogP contribution in [0.1, 0.15) is 9.75 Å². The normalized spacial score (nSPS) is 12.3. The minimum atomic E-state index is -3.88. The van der Waals surface area contributed by atoms with Gasteiger partial charge in [-0.05, 0) is 42.7 Å². The number of nitrogens with zero attached hydrogens (tertiary/aromatic N) is 1. The van der Waals surface area contributed by atoms with Crippen molar-refractivity contribution in [1.82, 2.24) is 0 Å². The summed E-state index contributed by atoms with van der Waals surface area (Å²) in [5.74, 6) is 0. The summed E-state index contributed by atoms with van der Waals surface area (Å²) in [6, 6.07) is 15.4. The van der Waals surface area contributed by atoms with Gasteiger partial charge in [0.1, 0.15) is 6.07 Å². The highest BCUT2D eigenvalue weighted by molar-refractivity contribution is 7.95. The van der Waals surface area contributed by atoms with Crippen LogP contribution in [-0.2, 0) is 9.84 Å². The van der Waals surface area contributed by atoms with Crippen LogP contribution in [0.5, 0.6) is 0 Å². The van der Waals surface area contributed by atoms with E-state index in [0.29, 0.717) is 5.02 Å². The van der Waals surface area contributed by atoms with Crippen LogP contribution in [-0.4, -0.2) is 8.42 Å². The number of allylic oxidation sites excluding steroid dienone is 1. The van der Waals surface area contributed by atoms with Gasteiger partial charge in [0.15, 0.2) is 4.91 Å². The third-order valence-electron chi connectivity index (χ3n) is 3.62. The number of thiophene rings is 1. The molecule has 0 radical (unpaired) electrons. The number of halogens is 1. The van der Waals surface area contributed by atoms with E-state index in [1.165, 1.54) is 41.7 Å². The van der Waals surface area contributed by atoms with Gasteiger partial charge in [0.05, 0.1) is 4.90 Å². The van der Waals surface area contributed by atoms with E-state index in [-0.39, 0.29) is 9.80 Å². The molecule has 0 fully saturated rings. The van der Waals surface area contributed by atoms with Gasteiger partial charge >= 0.3 is 0 Å². The van der Waals surface area contributed by atoms with Crippen molar-refractivity contribution in [3.05, 3.63) is 68.2 Å². The Morgan fingerprint density at radius 3 is 2.38 bits per heavy atom. The molecule has 0 saturated carbocycles. The summed E-state index contributed by atoms with van der Waals surface area (Å²) in [5.41, 5.74) is 0. The fourth-order valence-corrected chi connectivity index (χ4v) is 4.84. The van der Waals surface area contributed by atoms with E-state index in [1.54, 1.807) is 0 Å². The number of hydrogen-bond donors (Lipinski definition) is 0. The second kappa shape index (κ2) is 6.40. The van der Waals surface area contributed by atoms with Crippen LogP contribution in [0.3, 0.4) is 0 Å². The highest BCUT2D eigenvalue weighted by Crippen LogP contribution is 2.33. The third-order valence-corrected chi connectivity index (χ3v) is 6.64. The highest BCUT2D eigenvalue weighted by atomic mass is 35.5. The molecule has 0 bridgehead atoms. The molecule has 3 nitrogen and oxygen atoms in total. The van der Waals surface area contributed by atoms with Gasteiger partial charge in [-0.15, -0.1) is 11.3 Å². The molecule has 0 spiro atoms. The molecular weight excluding hydrogens is 362 g/mol. The quantitative estimate of drug-likeness (QED) is 0.593. The van der Waals surface area contributed by atoms with Crippen LogP contribution in [0.25, 0.3) is 16.8 Å². The van der Waals surface area contributed by atoms with Crippen molar-refractivity contribution in [2.45, 2.75) is 11.8 Å². The predicted octanol–water partition coefficient (Wildman–Crippen LogP) is 5.20. The number of fused-ring (bicyclic) bond motifs is 1. The van der Waals surface area contributed by atoms with Crippen LogP contribution >= 0.6 is 22.9 Å². The SMILES string of the molecule is Cc1sc(/C=C(\C#N)S(=O)(=O)c2ccc(Cl)cc2)c2ccccc12. The van der Waals surface area contributed by atoms with Gasteiger partial charge in [0.2, 0.25) is 9.84 Å². The van der Waals surface area contributed by atoms with Crippen molar-refractivity contribution in [2.24, 2.45) is 0 Å². The van der Waals surface area contributed by atoms with Crippen molar-refractivity contribution >= 4 is 49.6 Å². The number of benzene rings is 2. The van der Waals surface area contributed by atoms with Crippen LogP contribution in [0.2, 0.25) is 5.02 Å². The molecule has 6 heteroatoms. The highest BCUT2D eigenvalue weighted by Gasteiger charge is 2.21. The smallest absolute Gasteiger partial charge is 0.216 e. The molecule has 0 aliphatic carbocycles. The van der Waals surface area contributed by atoms with Gasteiger partial charge in [0.25, 0.3) is 0 Å². The summed E-state index contributed by atoms with van der Waals surface area (Å²) >= 11 is 7.27. The Morgan fingerprint density at radius 1 is 1.12 bits per heavy atom. The molecule has 0 aliphatic heterocycles. The molecule has 0 N–H and O–H groups in total. The average Bonchev–Trinajstić information content (AvgIpc) is 2.89. The zero-order valence-electron chi connectivity index (χ0n) is 12.7. The molecule has 1 aromatic heterocycles. The van der Waals surface area contributed by atoms with Crippen molar-refractivity contribution < 1.29 is 8.42 Å². The first-order valence-corrected chi connectivity index (χ1v) is 9.72. The molecule has 120 valence electrons. The van der Waals surface area contributed by atoms with Crippen molar-refractivity contribution in [1.29, 1.82) is 5.26 Å². The van der Waals surface area contributed by atoms with Gasteiger partial charge in [-0.2, -0.15) is 5.26 Å². The minimum absolute atomic E-state index is 0.0530. The Labute approximate surface area is 149 Å². The first-order valence-electron chi connectivity index (χ1n) is 7.04. The first kappa shape index (κ1) is 16.7. The van der Waals surface area contributed by atoms with Gasteiger partial charge < -0.3 is 0 Å². The van der Waals surface area contributed by atoms with E-state index >= 15 is 0 Å². The molecule has 24 heavy (non-hydrogen) atoms. The monoisotopic (exact) mass is 373 g/mol. The van der Waals surface area contributed by atoms with E-state index in [2.05, 4.69) is 0 Å². The molecule has 0 unspecified atom stereocenters. The number of sulfone groups is 1. The molecule has 0 saturated heterocycles. The molecule has 0 aliphatic rings. The summed E-state index contributed by atoms with van der Waals surface area (Å²) in [6.45, 7) is 1.98. The second-order valence-electron chi connectivity index (χ2n) is 5.15. The Balaban J connectivity index is 2.16. The number of hydrogen-bond acceptors (Lipinski definition) is 4. The Kier molecular flexibility index (Phi) is 4.46. The van der Waals surface area contributed by atoms with Gasteiger partial charge in [-0.25, -0.2) is 8.42 Å². The van der Waals surface area contributed by atoms with E-state index in [9.17, 15) is 13.7 Å². The summed E-state index contributed by atoms with van der Waals surface area (Å²) in [6.07, 6.45) is 1.45. The fourth-order valence-electron chi connectivity index (χ4n) is 2.42. The molecule has 0 amide bonds. The summed E-state index contributed by atoms with van der Waals surface area (Å²) in [7, 11) is -3.88. The largest absolute Gasteiger partial charge is 0.218 e. The Morgan fingerprint density at radius 2 is 1.75 bits per heavy atom. The lowest BCUT2D eigenvalue weighted by Gasteiger charge is -2.03. The standard InChI is InChI=1S/C18H12ClNO2S2/c1-12-16-4-2-3-5-17(16)18(23-12)10-15(11-20)24(21,22)14-8-6-13(19)7-9-14/h2-10H,1H3/b15-10+. The summed E-state index contributed by atoms with van der Waals surface area (Å²) in [4.78, 5) is 1.62. The molecule has 1 heterocycles. The summed E-state index contributed by atoms with van der Waals surface area (Å²) in [5, 5.41) is 11.8. The van der Waals surface area contributed by atoms with E-state index in [0.717, 1.165) is 20.5 Å². The fraction of sp³-hybridized carbons (Fsp3) is 0.0556. The molecule has 2 aromatic carbocycles. The molecule has 3 rings (SSSR count). The Bertz CT molecular complexity index is 1090. The van der Waals surface area contributed by atoms with Gasteiger partial charge in [-0.1, -0.05) is 35.9 Å². The second-order valence-corrected chi connectivity index (χ2v) is 8.76. The topological polar surface area (TPSA) is 57.9 Å². The zero-order valence-corrected chi connectivity index (χ0v) is 15.0. The lowest BCUT2D eigenvalue weighted by Crippen LogP contribution is -2.03. The molecule has 0 atom stereocenters. The number of aryl methyl sites for hydroxylation is 1. The average molecular weight is 374 g/mol. The number of nitriles is 1. The van der Waals surface area contributed by atoms with Gasteiger partial charge in [-0.3, -0.25) is 0 Å². The maximum absolute atomic E-state index is 12.7. The molecule has 3 aromatic rings. The van der Waals surface area contributed by atoms with Crippen molar-refractivity contribution in [3.8, 4) is 6.07 Å². The third kappa shape index (κ3) is 2.96. The minimum Gasteiger partial charge on any atom is -0.218 e. The Hall–Kier alpha value is -2.13. The maximum atomic E-state index is 12.7. The number of rotatable bonds is 3. The van der Waals surface area contributed by atoms with E-state index in [1.807, 2.05) is 37.3 Å². The van der Waals surface area contributed by atoms with Crippen molar-refractivity contribution in [2.75, 3.05) is 0 Å². The van der Waals surface area contributed by atoms with Crippen LogP contribution in [0, 0.1) is 18.3 Å². The molecular formula is C18H12ClNO2S2. The van der Waals surface area contributed by atoms with E-state index in [4.69, 9.17) is 11.6 Å².